The van der Waals surface area contributed by atoms with Gasteiger partial charge in [0.05, 0.1) is 6.21 Å². The van der Waals surface area contributed by atoms with Crippen LogP contribution in [0.5, 0.6) is 11.5 Å². The molecule has 0 atom stereocenters. The monoisotopic (exact) mass is 333 g/mol. The average Bonchev–Trinajstić information content (AvgIpc) is 2.65. The minimum atomic E-state index is -0.683. The van der Waals surface area contributed by atoms with Gasteiger partial charge in [-0.15, -0.1) is 0 Å². The lowest BCUT2D eigenvalue weighted by atomic mass is 10.3. The van der Waals surface area contributed by atoms with E-state index < -0.39 is 6.09 Å². The largest absolute Gasteiger partial charge is 0.457 e. The minimum Gasteiger partial charge on any atom is -0.457 e. The predicted molar refractivity (Wildman–Crippen MR) is 94.9 cm³/mol. The van der Waals surface area contributed by atoms with Crippen LogP contribution in [0.1, 0.15) is 5.56 Å². The van der Waals surface area contributed by atoms with Gasteiger partial charge in [-0.1, -0.05) is 29.4 Å². The van der Waals surface area contributed by atoms with Crippen molar-refractivity contribution in [3.8, 4) is 11.5 Å². The Labute approximate surface area is 144 Å². The number of anilines is 1. The van der Waals surface area contributed by atoms with Gasteiger partial charge in [0.15, 0.2) is 0 Å². The molecule has 0 fully saturated rings. The lowest BCUT2D eigenvalue weighted by molar-refractivity contribution is 0.167. The molecule has 1 aromatic heterocycles. The van der Waals surface area contributed by atoms with Crippen molar-refractivity contribution >= 4 is 18.0 Å². The van der Waals surface area contributed by atoms with Crippen molar-refractivity contribution in [3.63, 3.8) is 0 Å². The highest BCUT2D eigenvalue weighted by atomic mass is 16.7. The van der Waals surface area contributed by atoms with Crippen molar-refractivity contribution in [2.75, 3.05) is 5.32 Å². The Bertz CT molecular complexity index is 835. The first-order chi connectivity index (χ1) is 12.3. The quantitative estimate of drug-likeness (QED) is 0.425. The Balaban J connectivity index is 1.51. The number of para-hydroxylation sites is 1. The fraction of sp³-hybridized carbons (Fsp3) is 0. The summed E-state index contributed by atoms with van der Waals surface area (Å²) >= 11 is 0. The maximum Gasteiger partial charge on any atom is 0.437 e. The molecule has 0 spiro atoms. The van der Waals surface area contributed by atoms with Crippen LogP contribution in [0.25, 0.3) is 0 Å². The molecule has 1 N–H and O–H groups in total. The van der Waals surface area contributed by atoms with E-state index in [1.165, 1.54) is 6.21 Å². The van der Waals surface area contributed by atoms with E-state index in [1.807, 2.05) is 30.3 Å². The van der Waals surface area contributed by atoms with Gasteiger partial charge in [-0.2, -0.15) is 0 Å². The summed E-state index contributed by atoms with van der Waals surface area (Å²) in [6.45, 7) is 0. The number of aromatic nitrogens is 1. The molecule has 25 heavy (non-hydrogen) atoms. The van der Waals surface area contributed by atoms with Gasteiger partial charge >= 0.3 is 6.09 Å². The highest BCUT2D eigenvalue weighted by molar-refractivity contribution is 5.85. The van der Waals surface area contributed by atoms with Crippen LogP contribution in [0.4, 0.5) is 10.5 Å². The van der Waals surface area contributed by atoms with Crippen LogP contribution in [0.3, 0.4) is 0 Å². The zero-order valence-electron chi connectivity index (χ0n) is 13.2. The van der Waals surface area contributed by atoms with Gasteiger partial charge in [0.25, 0.3) is 0 Å². The van der Waals surface area contributed by atoms with E-state index in [1.54, 1.807) is 48.8 Å². The number of carbonyl (C=O) groups is 1. The van der Waals surface area contributed by atoms with Gasteiger partial charge in [0, 0.05) is 23.6 Å². The van der Waals surface area contributed by atoms with Crippen LogP contribution < -0.4 is 10.1 Å². The smallest absolute Gasteiger partial charge is 0.437 e. The van der Waals surface area contributed by atoms with Gasteiger partial charge in [-0.3, -0.25) is 15.1 Å². The van der Waals surface area contributed by atoms with Crippen molar-refractivity contribution in [2.45, 2.75) is 0 Å². The van der Waals surface area contributed by atoms with Gasteiger partial charge < -0.3 is 4.74 Å². The fourth-order valence-electron chi connectivity index (χ4n) is 1.96. The Morgan fingerprint density at radius 2 is 1.72 bits per heavy atom. The Hall–Kier alpha value is -3.67. The Morgan fingerprint density at radius 3 is 2.44 bits per heavy atom. The molecule has 6 nitrogen and oxygen atoms in total. The number of amides is 1. The van der Waals surface area contributed by atoms with Crippen molar-refractivity contribution < 1.29 is 14.4 Å². The average molecular weight is 333 g/mol. The van der Waals surface area contributed by atoms with Crippen LogP contribution in [0, 0.1) is 0 Å². The zero-order chi connectivity index (χ0) is 17.3. The number of benzene rings is 2. The molecule has 0 aliphatic heterocycles. The van der Waals surface area contributed by atoms with Crippen LogP contribution >= 0.6 is 0 Å². The maximum absolute atomic E-state index is 11.7. The number of hydrogen-bond donors (Lipinski definition) is 1. The third kappa shape index (κ3) is 5.18. The van der Waals surface area contributed by atoms with Crippen LogP contribution in [0.15, 0.2) is 84.3 Å². The van der Waals surface area contributed by atoms with Crippen molar-refractivity contribution in [3.05, 3.63) is 84.7 Å². The lowest BCUT2D eigenvalue weighted by Crippen LogP contribution is -2.10. The predicted octanol–water partition coefficient (Wildman–Crippen LogP) is 4.46. The summed E-state index contributed by atoms with van der Waals surface area (Å²) in [6.07, 6.45) is 3.98. The molecule has 1 heterocycles. The van der Waals surface area contributed by atoms with E-state index in [0.717, 1.165) is 11.3 Å². The van der Waals surface area contributed by atoms with E-state index >= 15 is 0 Å². The summed E-state index contributed by atoms with van der Waals surface area (Å²) in [5.41, 5.74) is 1.31. The summed E-state index contributed by atoms with van der Waals surface area (Å²) in [4.78, 5) is 20.3. The number of ether oxygens (including phenoxy) is 1. The zero-order valence-corrected chi connectivity index (χ0v) is 13.2. The lowest BCUT2D eigenvalue weighted by Gasteiger charge is -2.07. The summed E-state index contributed by atoms with van der Waals surface area (Å²) in [7, 11) is 0. The molecular weight excluding hydrogens is 318 g/mol. The second-order valence-corrected chi connectivity index (χ2v) is 4.96. The molecule has 6 heteroatoms. The van der Waals surface area contributed by atoms with Crippen molar-refractivity contribution in [1.29, 1.82) is 0 Å². The standard InChI is InChI=1S/C19H15N3O3/c23-19(25-21-14-15-5-4-12-20-13-15)22-16-8-10-18(11-9-16)24-17-6-2-1-3-7-17/h1-14H,(H,22,23)/b21-14+. The van der Waals surface area contributed by atoms with Gasteiger partial charge in [-0.05, 0) is 42.5 Å². The van der Waals surface area contributed by atoms with Crippen molar-refractivity contribution in [1.82, 2.24) is 4.98 Å². The van der Waals surface area contributed by atoms with E-state index in [4.69, 9.17) is 9.57 Å². The number of nitrogens with zero attached hydrogens (tertiary/aromatic N) is 2. The second-order valence-electron chi connectivity index (χ2n) is 4.96. The third-order valence-corrected chi connectivity index (χ3v) is 3.10. The minimum absolute atomic E-state index is 0.571. The molecule has 0 saturated heterocycles. The number of oxime groups is 1. The summed E-state index contributed by atoms with van der Waals surface area (Å²) in [5.74, 6) is 1.41. The Morgan fingerprint density at radius 1 is 0.960 bits per heavy atom. The summed E-state index contributed by atoms with van der Waals surface area (Å²) < 4.78 is 5.68. The molecule has 0 radical (unpaired) electrons. The molecule has 0 unspecified atom stereocenters. The number of pyridine rings is 1. The molecular formula is C19H15N3O3. The molecule has 3 rings (SSSR count). The number of nitrogens with one attached hydrogen (secondary N) is 1. The SMILES string of the molecule is O=C(Nc1ccc(Oc2ccccc2)cc1)O/N=C/c1cccnc1. The van der Waals surface area contributed by atoms with E-state index in [2.05, 4.69) is 15.5 Å². The third-order valence-electron chi connectivity index (χ3n) is 3.10. The van der Waals surface area contributed by atoms with Crippen LogP contribution in [-0.4, -0.2) is 17.3 Å². The van der Waals surface area contributed by atoms with Gasteiger partial charge in [0.1, 0.15) is 11.5 Å². The van der Waals surface area contributed by atoms with Crippen molar-refractivity contribution in [2.24, 2.45) is 5.16 Å². The van der Waals surface area contributed by atoms with Gasteiger partial charge in [-0.25, -0.2) is 4.79 Å². The number of hydrogen-bond acceptors (Lipinski definition) is 5. The second kappa shape index (κ2) is 8.26. The van der Waals surface area contributed by atoms with Crippen LogP contribution in [0.2, 0.25) is 0 Å². The maximum atomic E-state index is 11.7. The molecule has 124 valence electrons. The molecule has 0 saturated carbocycles. The van der Waals surface area contributed by atoms with E-state index in [-0.39, 0.29) is 0 Å². The molecule has 0 aliphatic carbocycles. The molecule has 1 amide bonds. The molecule has 0 aliphatic rings. The highest BCUT2D eigenvalue weighted by Gasteiger charge is 2.03. The summed E-state index contributed by atoms with van der Waals surface area (Å²) in [5, 5.41) is 6.18. The van der Waals surface area contributed by atoms with E-state index in [9.17, 15) is 4.79 Å². The normalized spacial score (nSPS) is 10.4. The van der Waals surface area contributed by atoms with Crippen LogP contribution in [-0.2, 0) is 4.84 Å². The Kier molecular flexibility index (Phi) is 5.35. The highest BCUT2D eigenvalue weighted by Crippen LogP contribution is 2.22. The first-order valence-electron chi connectivity index (χ1n) is 7.54. The molecule has 3 aromatic rings. The fourth-order valence-corrected chi connectivity index (χ4v) is 1.96. The van der Waals surface area contributed by atoms with Gasteiger partial charge in [0.2, 0.25) is 0 Å². The number of carbonyl (C=O) groups excluding carboxylic acids is 1. The molecule has 2 aromatic carbocycles. The topological polar surface area (TPSA) is 72.8 Å². The summed E-state index contributed by atoms with van der Waals surface area (Å²) in [6, 6.07) is 19.9. The molecule has 0 bridgehead atoms. The first kappa shape index (κ1) is 16.2. The first-order valence-corrected chi connectivity index (χ1v) is 7.54. The van der Waals surface area contributed by atoms with E-state index in [0.29, 0.717) is 11.4 Å². The number of rotatable bonds is 5.